The van der Waals surface area contributed by atoms with Crippen LogP contribution in [0.3, 0.4) is 0 Å². The quantitative estimate of drug-likeness (QED) is 0.652. The Hall–Kier alpha value is -2.41. The zero-order valence-electron chi connectivity index (χ0n) is 13.5. The van der Waals surface area contributed by atoms with E-state index in [2.05, 4.69) is 16.0 Å². The highest BCUT2D eigenvalue weighted by Crippen LogP contribution is 2.37. The number of urea groups is 1. The first-order chi connectivity index (χ1) is 11.6. The summed E-state index contributed by atoms with van der Waals surface area (Å²) in [5.74, 6) is 0. The Kier molecular flexibility index (Phi) is 5.79. The van der Waals surface area contributed by atoms with Crippen molar-refractivity contribution in [3.05, 3.63) is 53.1 Å². The zero-order chi connectivity index (χ0) is 18.6. The van der Waals surface area contributed by atoms with Gasteiger partial charge in [-0.2, -0.15) is 13.2 Å². The number of rotatable bonds is 4. The number of benzene rings is 2. The first-order valence-electron chi connectivity index (χ1n) is 7.46. The van der Waals surface area contributed by atoms with Gasteiger partial charge in [-0.25, -0.2) is 4.79 Å². The maximum Gasteiger partial charge on any atom is 0.418 e. The Morgan fingerprint density at radius 2 is 1.64 bits per heavy atom. The maximum absolute atomic E-state index is 13.1. The van der Waals surface area contributed by atoms with Crippen LogP contribution in [-0.2, 0) is 6.18 Å². The fourth-order valence-corrected chi connectivity index (χ4v) is 2.25. The van der Waals surface area contributed by atoms with Crippen LogP contribution in [0, 0.1) is 0 Å². The Morgan fingerprint density at radius 3 is 2.20 bits per heavy atom. The highest BCUT2D eigenvalue weighted by atomic mass is 35.5. The summed E-state index contributed by atoms with van der Waals surface area (Å²) in [6, 6.07) is 9.48. The molecule has 3 N–H and O–H groups in total. The Morgan fingerprint density at radius 1 is 1.04 bits per heavy atom. The summed E-state index contributed by atoms with van der Waals surface area (Å²) in [6.07, 6.45) is -4.52. The van der Waals surface area contributed by atoms with E-state index in [1.54, 1.807) is 24.3 Å². The van der Waals surface area contributed by atoms with Gasteiger partial charge in [-0.15, -0.1) is 0 Å². The van der Waals surface area contributed by atoms with Crippen LogP contribution in [0.1, 0.15) is 19.4 Å². The average molecular weight is 372 g/mol. The lowest BCUT2D eigenvalue weighted by Crippen LogP contribution is -2.34. The van der Waals surface area contributed by atoms with Crippen LogP contribution >= 0.6 is 11.6 Å². The van der Waals surface area contributed by atoms with Crippen molar-refractivity contribution in [1.29, 1.82) is 0 Å². The smallest absolute Gasteiger partial charge is 0.355 e. The molecular formula is C17H17ClF3N3O. The molecule has 0 spiro atoms. The number of halogens is 4. The van der Waals surface area contributed by atoms with Crippen LogP contribution in [0.2, 0.25) is 5.02 Å². The van der Waals surface area contributed by atoms with Crippen LogP contribution in [-0.4, -0.2) is 12.1 Å². The molecule has 0 heterocycles. The van der Waals surface area contributed by atoms with Crippen molar-refractivity contribution in [3.63, 3.8) is 0 Å². The molecule has 4 nitrogen and oxygen atoms in total. The van der Waals surface area contributed by atoms with Gasteiger partial charge in [0.2, 0.25) is 0 Å². The summed E-state index contributed by atoms with van der Waals surface area (Å²) in [7, 11) is 0. The lowest BCUT2D eigenvalue weighted by atomic mass is 10.1. The standard InChI is InChI=1S/C17H17ClF3N3O/c1-10(2)22-16(25)24-13-6-4-12(5-7-13)23-15-8-3-11(18)9-14(15)17(19,20)21/h3-10,23H,1-2H3,(H2,22,24,25). The molecule has 0 unspecified atom stereocenters. The van der Waals surface area contributed by atoms with E-state index in [-0.39, 0.29) is 22.8 Å². The van der Waals surface area contributed by atoms with E-state index in [9.17, 15) is 18.0 Å². The van der Waals surface area contributed by atoms with E-state index in [1.165, 1.54) is 12.1 Å². The third kappa shape index (κ3) is 5.56. The lowest BCUT2D eigenvalue weighted by molar-refractivity contribution is -0.136. The van der Waals surface area contributed by atoms with Crippen LogP contribution in [0.5, 0.6) is 0 Å². The first-order valence-corrected chi connectivity index (χ1v) is 7.84. The SMILES string of the molecule is CC(C)NC(=O)Nc1ccc(Nc2ccc(Cl)cc2C(F)(F)F)cc1. The summed E-state index contributed by atoms with van der Waals surface area (Å²) in [4.78, 5) is 11.6. The molecular weight excluding hydrogens is 355 g/mol. The van der Waals surface area contributed by atoms with Gasteiger partial charge in [0.15, 0.2) is 0 Å². The molecule has 0 saturated heterocycles. The number of carbonyl (C=O) groups excluding carboxylic acids is 1. The Balaban J connectivity index is 2.13. The van der Waals surface area contributed by atoms with Crippen LogP contribution < -0.4 is 16.0 Å². The van der Waals surface area contributed by atoms with Gasteiger partial charge in [-0.05, 0) is 56.3 Å². The van der Waals surface area contributed by atoms with Crippen molar-refractivity contribution in [2.24, 2.45) is 0 Å². The van der Waals surface area contributed by atoms with Crippen molar-refractivity contribution in [2.45, 2.75) is 26.1 Å². The number of carbonyl (C=O) groups is 1. The second-order valence-corrected chi connectivity index (χ2v) is 6.08. The molecule has 2 amide bonds. The highest BCUT2D eigenvalue weighted by molar-refractivity contribution is 6.30. The summed E-state index contributed by atoms with van der Waals surface area (Å²) >= 11 is 5.66. The van der Waals surface area contributed by atoms with Crippen LogP contribution in [0.25, 0.3) is 0 Å². The number of hydrogen-bond acceptors (Lipinski definition) is 2. The number of nitrogens with one attached hydrogen (secondary N) is 3. The van der Waals surface area contributed by atoms with Gasteiger partial charge in [0.1, 0.15) is 0 Å². The normalized spacial score (nSPS) is 11.3. The van der Waals surface area contributed by atoms with Gasteiger partial charge in [0, 0.05) is 22.4 Å². The largest absolute Gasteiger partial charge is 0.418 e. The molecule has 2 aromatic rings. The van der Waals surface area contributed by atoms with Gasteiger partial charge in [0.05, 0.1) is 11.3 Å². The summed E-state index contributed by atoms with van der Waals surface area (Å²) < 4.78 is 39.3. The predicted octanol–water partition coefficient (Wildman–Crippen LogP) is 5.63. The van der Waals surface area contributed by atoms with E-state index >= 15 is 0 Å². The van der Waals surface area contributed by atoms with Gasteiger partial charge in [-0.3, -0.25) is 0 Å². The van der Waals surface area contributed by atoms with Gasteiger partial charge < -0.3 is 16.0 Å². The fraction of sp³-hybridized carbons (Fsp3) is 0.235. The van der Waals surface area contributed by atoms with E-state index in [0.29, 0.717) is 11.4 Å². The molecule has 0 aromatic heterocycles. The second kappa shape index (κ2) is 7.65. The second-order valence-electron chi connectivity index (χ2n) is 5.64. The van der Waals surface area contributed by atoms with Crippen molar-refractivity contribution in [3.8, 4) is 0 Å². The Labute approximate surface area is 148 Å². The minimum Gasteiger partial charge on any atom is -0.355 e. The van der Waals surface area contributed by atoms with Crippen molar-refractivity contribution >= 4 is 34.7 Å². The maximum atomic E-state index is 13.1. The van der Waals surface area contributed by atoms with E-state index in [0.717, 1.165) is 6.07 Å². The molecule has 0 saturated carbocycles. The number of anilines is 3. The fourth-order valence-electron chi connectivity index (χ4n) is 2.08. The van der Waals surface area contributed by atoms with E-state index in [4.69, 9.17) is 11.6 Å². The van der Waals surface area contributed by atoms with Crippen LogP contribution in [0.4, 0.5) is 35.0 Å². The summed E-state index contributed by atoms with van der Waals surface area (Å²) in [6.45, 7) is 3.66. The molecule has 2 rings (SSSR count). The molecule has 8 heteroatoms. The van der Waals surface area contributed by atoms with Crippen molar-refractivity contribution in [1.82, 2.24) is 5.32 Å². The molecule has 134 valence electrons. The predicted molar refractivity (Wildman–Crippen MR) is 93.5 cm³/mol. The van der Waals surface area contributed by atoms with Gasteiger partial charge in [0.25, 0.3) is 0 Å². The van der Waals surface area contributed by atoms with Gasteiger partial charge in [-0.1, -0.05) is 11.6 Å². The molecule has 0 aliphatic rings. The van der Waals surface area contributed by atoms with E-state index < -0.39 is 11.7 Å². The molecule has 25 heavy (non-hydrogen) atoms. The summed E-state index contributed by atoms with van der Waals surface area (Å²) in [5.41, 5.74) is 0.0205. The van der Waals surface area contributed by atoms with Gasteiger partial charge >= 0.3 is 12.2 Å². The Bertz CT molecular complexity index is 746. The minimum atomic E-state index is -4.52. The molecule has 0 radical (unpaired) electrons. The van der Waals surface area contributed by atoms with Crippen LogP contribution in [0.15, 0.2) is 42.5 Å². The molecule has 0 bridgehead atoms. The third-order valence-corrected chi connectivity index (χ3v) is 3.36. The zero-order valence-corrected chi connectivity index (χ0v) is 14.3. The number of amides is 2. The molecule has 0 aliphatic heterocycles. The first kappa shape index (κ1) is 18.9. The lowest BCUT2D eigenvalue weighted by Gasteiger charge is -2.15. The average Bonchev–Trinajstić information content (AvgIpc) is 2.49. The number of hydrogen-bond donors (Lipinski definition) is 3. The molecule has 0 fully saturated rings. The highest BCUT2D eigenvalue weighted by Gasteiger charge is 2.33. The molecule has 0 aliphatic carbocycles. The third-order valence-electron chi connectivity index (χ3n) is 3.13. The molecule has 2 aromatic carbocycles. The minimum absolute atomic E-state index is 0.00775. The van der Waals surface area contributed by atoms with Crippen molar-refractivity contribution < 1.29 is 18.0 Å². The molecule has 0 atom stereocenters. The van der Waals surface area contributed by atoms with E-state index in [1.807, 2.05) is 13.8 Å². The topological polar surface area (TPSA) is 53.2 Å². The summed E-state index contributed by atoms with van der Waals surface area (Å²) in [5, 5.41) is 8.02. The monoisotopic (exact) mass is 371 g/mol. The number of alkyl halides is 3. The van der Waals surface area contributed by atoms with Crippen molar-refractivity contribution in [2.75, 3.05) is 10.6 Å².